The molecular weight excluding hydrogens is 212 g/mol. The molecule has 0 saturated carbocycles. The van der Waals surface area contributed by atoms with E-state index in [4.69, 9.17) is 0 Å². The monoisotopic (exact) mass is 238 g/mol. The number of nitrogens with one attached hydrogen (secondary N) is 1. The van der Waals surface area contributed by atoms with Gasteiger partial charge >= 0.3 is 0 Å². The van der Waals surface area contributed by atoms with Crippen LogP contribution in [0.5, 0.6) is 0 Å². The van der Waals surface area contributed by atoms with Crippen molar-refractivity contribution < 1.29 is 4.79 Å². The van der Waals surface area contributed by atoms with Gasteiger partial charge in [0.05, 0.1) is 5.92 Å². The van der Waals surface area contributed by atoms with Crippen LogP contribution in [0.4, 0.5) is 0 Å². The van der Waals surface area contributed by atoms with Gasteiger partial charge in [0.25, 0.3) is 0 Å². The number of carbonyl (C=O) groups is 1. The van der Waals surface area contributed by atoms with Crippen molar-refractivity contribution in [3.63, 3.8) is 0 Å². The van der Waals surface area contributed by atoms with Crippen LogP contribution >= 0.6 is 0 Å². The van der Waals surface area contributed by atoms with Crippen molar-refractivity contribution in [2.24, 2.45) is 17.8 Å². The van der Waals surface area contributed by atoms with Crippen LogP contribution < -0.4 is 5.32 Å². The minimum Gasteiger partial charge on any atom is -0.342 e. The predicted octanol–water partition coefficient (Wildman–Crippen LogP) is 1.88. The van der Waals surface area contributed by atoms with Crippen molar-refractivity contribution in [3.05, 3.63) is 0 Å². The molecule has 17 heavy (non-hydrogen) atoms. The smallest absolute Gasteiger partial charge is 0.226 e. The average molecular weight is 238 g/mol. The zero-order chi connectivity index (χ0) is 12.3. The van der Waals surface area contributed by atoms with E-state index in [0.717, 1.165) is 50.9 Å². The Hall–Kier alpha value is -0.570. The Morgan fingerprint density at radius 1 is 1.24 bits per heavy atom. The van der Waals surface area contributed by atoms with E-state index in [0.29, 0.717) is 5.91 Å². The molecule has 1 atom stereocenters. The Morgan fingerprint density at radius 3 is 2.47 bits per heavy atom. The number of piperidine rings is 2. The lowest BCUT2D eigenvalue weighted by Crippen LogP contribution is -2.46. The SMILES string of the molecule is CC(C)C1CCN(C(=O)[C@@H]2CCCNC2)CC1. The van der Waals surface area contributed by atoms with Gasteiger partial charge in [0.2, 0.25) is 5.91 Å². The third kappa shape index (κ3) is 3.21. The van der Waals surface area contributed by atoms with E-state index in [2.05, 4.69) is 24.1 Å². The summed E-state index contributed by atoms with van der Waals surface area (Å²) in [6, 6.07) is 0. The molecule has 3 nitrogen and oxygen atoms in total. The number of likely N-dealkylation sites (tertiary alicyclic amines) is 1. The molecule has 0 aromatic rings. The van der Waals surface area contributed by atoms with Gasteiger partial charge in [-0.05, 0) is 44.1 Å². The molecule has 0 aliphatic carbocycles. The molecule has 98 valence electrons. The summed E-state index contributed by atoms with van der Waals surface area (Å²) in [5, 5.41) is 3.33. The first-order valence-electron chi connectivity index (χ1n) is 7.18. The van der Waals surface area contributed by atoms with Crippen LogP contribution in [-0.4, -0.2) is 37.0 Å². The highest BCUT2D eigenvalue weighted by Gasteiger charge is 2.29. The predicted molar refractivity (Wildman–Crippen MR) is 69.7 cm³/mol. The summed E-state index contributed by atoms with van der Waals surface area (Å²) in [7, 11) is 0. The number of hydrogen-bond donors (Lipinski definition) is 1. The van der Waals surface area contributed by atoms with E-state index < -0.39 is 0 Å². The Bertz CT molecular complexity index is 251. The lowest BCUT2D eigenvalue weighted by Gasteiger charge is -2.36. The summed E-state index contributed by atoms with van der Waals surface area (Å²) in [5.41, 5.74) is 0. The molecule has 2 fully saturated rings. The summed E-state index contributed by atoms with van der Waals surface area (Å²) < 4.78 is 0. The van der Waals surface area contributed by atoms with Crippen LogP contribution in [0.25, 0.3) is 0 Å². The molecule has 0 spiro atoms. The molecule has 0 bridgehead atoms. The van der Waals surface area contributed by atoms with E-state index in [1.807, 2.05) is 0 Å². The average Bonchev–Trinajstić information content (AvgIpc) is 2.39. The second kappa shape index (κ2) is 5.85. The van der Waals surface area contributed by atoms with Crippen molar-refractivity contribution in [3.8, 4) is 0 Å². The van der Waals surface area contributed by atoms with E-state index >= 15 is 0 Å². The normalized spacial score (nSPS) is 27.5. The second-order valence-corrected chi connectivity index (χ2v) is 5.95. The highest BCUT2D eigenvalue weighted by molar-refractivity contribution is 5.79. The minimum atomic E-state index is 0.249. The Balaban J connectivity index is 1.81. The van der Waals surface area contributed by atoms with Crippen molar-refractivity contribution in [2.75, 3.05) is 26.2 Å². The van der Waals surface area contributed by atoms with Crippen molar-refractivity contribution >= 4 is 5.91 Å². The molecule has 0 aromatic heterocycles. The number of amides is 1. The number of carbonyl (C=O) groups excluding carboxylic acids is 1. The van der Waals surface area contributed by atoms with Crippen LogP contribution in [0.1, 0.15) is 39.5 Å². The Labute approximate surface area is 105 Å². The first kappa shape index (κ1) is 12.9. The van der Waals surface area contributed by atoms with Gasteiger partial charge in [-0.3, -0.25) is 4.79 Å². The van der Waals surface area contributed by atoms with Crippen LogP contribution in [0, 0.1) is 17.8 Å². The zero-order valence-corrected chi connectivity index (χ0v) is 11.2. The third-order valence-electron chi connectivity index (χ3n) is 4.44. The molecule has 0 unspecified atom stereocenters. The van der Waals surface area contributed by atoms with Crippen LogP contribution in [0.2, 0.25) is 0 Å². The van der Waals surface area contributed by atoms with Gasteiger partial charge in [-0.15, -0.1) is 0 Å². The van der Waals surface area contributed by atoms with Gasteiger partial charge in [-0.1, -0.05) is 13.8 Å². The van der Waals surface area contributed by atoms with Crippen molar-refractivity contribution in [2.45, 2.75) is 39.5 Å². The van der Waals surface area contributed by atoms with Crippen LogP contribution in [-0.2, 0) is 4.79 Å². The summed E-state index contributed by atoms with van der Waals surface area (Å²) in [5.74, 6) is 2.24. The highest BCUT2D eigenvalue weighted by atomic mass is 16.2. The second-order valence-electron chi connectivity index (χ2n) is 5.95. The molecule has 0 radical (unpaired) electrons. The number of rotatable bonds is 2. The summed E-state index contributed by atoms with van der Waals surface area (Å²) in [6.45, 7) is 8.54. The fourth-order valence-corrected chi connectivity index (χ4v) is 3.11. The molecule has 2 saturated heterocycles. The first-order chi connectivity index (χ1) is 8.18. The summed E-state index contributed by atoms with van der Waals surface area (Å²) >= 11 is 0. The van der Waals surface area contributed by atoms with Crippen LogP contribution in [0.3, 0.4) is 0 Å². The highest BCUT2D eigenvalue weighted by Crippen LogP contribution is 2.26. The quantitative estimate of drug-likeness (QED) is 0.796. The molecule has 1 amide bonds. The maximum absolute atomic E-state index is 12.3. The molecule has 2 aliphatic heterocycles. The zero-order valence-electron chi connectivity index (χ0n) is 11.2. The summed E-state index contributed by atoms with van der Waals surface area (Å²) in [4.78, 5) is 14.4. The Morgan fingerprint density at radius 2 is 1.94 bits per heavy atom. The molecule has 2 aliphatic rings. The van der Waals surface area contributed by atoms with E-state index in [9.17, 15) is 4.79 Å². The fraction of sp³-hybridized carbons (Fsp3) is 0.929. The largest absolute Gasteiger partial charge is 0.342 e. The van der Waals surface area contributed by atoms with E-state index in [-0.39, 0.29) is 5.92 Å². The lowest BCUT2D eigenvalue weighted by molar-refractivity contribution is -0.137. The standard InChI is InChI=1S/C14H26N2O/c1-11(2)12-5-8-16(9-6-12)14(17)13-4-3-7-15-10-13/h11-13,15H,3-10H2,1-2H3/t13-/m1/s1. The molecule has 1 N–H and O–H groups in total. The summed E-state index contributed by atoms with van der Waals surface area (Å²) in [6.07, 6.45) is 4.63. The number of hydrogen-bond acceptors (Lipinski definition) is 2. The molecule has 2 heterocycles. The van der Waals surface area contributed by atoms with Crippen molar-refractivity contribution in [1.29, 1.82) is 0 Å². The fourth-order valence-electron chi connectivity index (χ4n) is 3.11. The van der Waals surface area contributed by atoms with E-state index in [1.165, 1.54) is 12.8 Å². The molecule has 0 aromatic carbocycles. The van der Waals surface area contributed by atoms with Gasteiger partial charge in [0, 0.05) is 19.6 Å². The maximum Gasteiger partial charge on any atom is 0.226 e. The first-order valence-corrected chi connectivity index (χ1v) is 7.18. The molecule has 2 rings (SSSR count). The maximum atomic E-state index is 12.3. The van der Waals surface area contributed by atoms with Gasteiger partial charge in [0.1, 0.15) is 0 Å². The van der Waals surface area contributed by atoms with Gasteiger partial charge in [-0.2, -0.15) is 0 Å². The van der Waals surface area contributed by atoms with Crippen molar-refractivity contribution in [1.82, 2.24) is 10.2 Å². The molecular formula is C14H26N2O. The van der Waals surface area contributed by atoms with E-state index in [1.54, 1.807) is 0 Å². The van der Waals surface area contributed by atoms with Gasteiger partial charge in [0.15, 0.2) is 0 Å². The third-order valence-corrected chi connectivity index (χ3v) is 4.44. The van der Waals surface area contributed by atoms with Gasteiger partial charge < -0.3 is 10.2 Å². The lowest BCUT2D eigenvalue weighted by atomic mass is 9.86. The molecule has 3 heteroatoms. The van der Waals surface area contributed by atoms with Crippen LogP contribution in [0.15, 0.2) is 0 Å². The Kier molecular flexibility index (Phi) is 4.43. The topological polar surface area (TPSA) is 32.3 Å². The van der Waals surface area contributed by atoms with Gasteiger partial charge in [-0.25, -0.2) is 0 Å². The minimum absolute atomic E-state index is 0.249. The number of nitrogens with zero attached hydrogens (tertiary/aromatic N) is 1.